The smallest absolute Gasteiger partial charge is 0.265 e. The molecule has 0 bridgehead atoms. The molecule has 140 valence electrons. The van der Waals surface area contributed by atoms with Gasteiger partial charge in [0.2, 0.25) is 5.91 Å². The molecule has 0 aromatic heterocycles. The van der Waals surface area contributed by atoms with Crippen molar-refractivity contribution in [3.63, 3.8) is 0 Å². The predicted octanol–water partition coefficient (Wildman–Crippen LogP) is 2.36. The van der Waals surface area contributed by atoms with Crippen LogP contribution in [0.5, 0.6) is 5.75 Å². The number of Topliss-reactive ketones (excluding diaryl/α,β-unsaturated/α-hetero) is 1. The fraction of sp³-hybridized carbons (Fsp3) is 0.286. The fourth-order valence-electron chi connectivity index (χ4n) is 2.96. The standard InChI is InChI=1S/C21H22N2O4/c1-15(24)17-7-8-19-18(13-17)23(21(26)14-27-19)12-10-20(25)22-11-9-16-5-3-2-4-6-16/h2-8,13H,9-12,14H2,1H3,(H,22,25). The van der Waals surface area contributed by atoms with Gasteiger partial charge in [0.05, 0.1) is 5.69 Å². The number of ether oxygens (including phenoxy) is 1. The van der Waals surface area contributed by atoms with E-state index in [9.17, 15) is 14.4 Å². The molecule has 1 N–H and O–H groups in total. The first-order chi connectivity index (χ1) is 13.0. The number of carbonyl (C=O) groups is 3. The Morgan fingerprint density at radius 2 is 1.93 bits per heavy atom. The van der Waals surface area contributed by atoms with Crippen LogP contribution in [-0.4, -0.2) is 37.3 Å². The van der Waals surface area contributed by atoms with Crippen molar-refractivity contribution in [3.05, 3.63) is 59.7 Å². The molecule has 0 atom stereocenters. The molecule has 0 aliphatic carbocycles. The third-order valence-electron chi connectivity index (χ3n) is 4.45. The highest BCUT2D eigenvalue weighted by Crippen LogP contribution is 2.33. The van der Waals surface area contributed by atoms with Crippen LogP contribution in [0.3, 0.4) is 0 Å². The molecule has 1 aliphatic heterocycles. The van der Waals surface area contributed by atoms with Crippen LogP contribution in [-0.2, 0) is 16.0 Å². The van der Waals surface area contributed by atoms with Crippen LogP contribution < -0.4 is 15.0 Å². The van der Waals surface area contributed by atoms with Gasteiger partial charge in [0.25, 0.3) is 5.91 Å². The summed E-state index contributed by atoms with van der Waals surface area (Å²) < 4.78 is 5.42. The number of anilines is 1. The summed E-state index contributed by atoms with van der Waals surface area (Å²) in [5.41, 5.74) is 2.20. The molecule has 3 rings (SSSR count). The zero-order valence-corrected chi connectivity index (χ0v) is 15.2. The second kappa shape index (κ2) is 8.49. The number of nitrogens with zero attached hydrogens (tertiary/aromatic N) is 1. The first-order valence-corrected chi connectivity index (χ1v) is 8.93. The topological polar surface area (TPSA) is 75.7 Å². The number of nitrogens with one attached hydrogen (secondary N) is 1. The van der Waals surface area contributed by atoms with Gasteiger partial charge in [-0.25, -0.2) is 0 Å². The maximum Gasteiger partial charge on any atom is 0.265 e. The van der Waals surface area contributed by atoms with E-state index in [0.29, 0.717) is 23.5 Å². The Kier molecular flexibility index (Phi) is 5.86. The van der Waals surface area contributed by atoms with Crippen molar-refractivity contribution in [1.29, 1.82) is 0 Å². The molecule has 0 spiro atoms. The molecule has 2 amide bonds. The van der Waals surface area contributed by atoms with Gasteiger partial charge < -0.3 is 15.0 Å². The van der Waals surface area contributed by atoms with E-state index in [1.165, 1.54) is 11.8 Å². The van der Waals surface area contributed by atoms with Gasteiger partial charge in [-0.3, -0.25) is 14.4 Å². The van der Waals surface area contributed by atoms with E-state index in [1.807, 2.05) is 30.3 Å². The lowest BCUT2D eigenvalue weighted by atomic mass is 10.1. The van der Waals surface area contributed by atoms with Crippen molar-refractivity contribution >= 4 is 23.3 Å². The Balaban J connectivity index is 1.57. The van der Waals surface area contributed by atoms with Gasteiger partial charge in [0, 0.05) is 25.1 Å². The molecular formula is C21H22N2O4. The van der Waals surface area contributed by atoms with Crippen molar-refractivity contribution in [1.82, 2.24) is 5.32 Å². The largest absolute Gasteiger partial charge is 0.482 e. The number of fused-ring (bicyclic) bond motifs is 1. The summed E-state index contributed by atoms with van der Waals surface area (Å²) in [6.07, 6.45) is 0.943. The minimum Gasteiger partial charge on any atom is -0.482 e. The quantitative estimate of drug-likeness (QED) is 0.764. The number of amides is 2. The van der Waals surface area contributed by atoms with Gasteiger partial charge in [0.1, 0.15) is 5.75 Å². The maximum absolute atomic E-state index is 12.2. The van der Waals surface area contributed by atoms with Crippen molar-refractivity contribution in [2.75, 3.05) is 24.6 Å². The van der Waals surface area contributed by atoms with E-state index < -0.39 is 0 Å². The van der Waals surface area contributed by atoms with Crippen LogP contribution in [0, 0.1) is 0 Å². The highest BCUT2D eigenvalue weighted by molar-refractivity contribution is 6.01. The van der Waals surface area contributed by atoms with Crippen LogP contribution in [0.2, 0.25) is 0 Å². The predicted molar refractivity (Wildman–Crippen MR) is 102 cm³/mol. The van der Waals surface area contributed by atoms with E-state index >= 15 is 0 Å². The highest BCUT2D eigenvalue weighted by atomic mass is 16.5. The molecule has 2 aromatic carbocycles. The lowest BCUT2D eigenvalue weighted by Gasteiger charge is -2.29. The first kappa shape index (κ1) is 18.6. The Bertz CT molecular complexity index is 849. The van der Waals surface area contributed by atoms with Gasteiger partial charge in [-0.2, -0.15) is 0 Å². The zero-order valence-electron chi connectivity index (χ0n) is 15.2. The van der Waals surface area contributed by atoms with E-state index in [2.05, 4.69) is 5.32 Å². The number of hydrogen-bond acceptors (Lipinski definition) is 4. The van der Waals surface area contributed by atoms with Gasteiger partial charge in [-0.05, 0) is 37.1 Å². The van der Waals surface area contributed by atoms with Gasteiger partial charge in [-0.15, -0.1) is 0 Å². The molecule has 0 radical (unpaired) electrons. The second-order valence-corrected chi connectivity index (χ2v) is 6.41. The van der Waals surface area contributed by atoms with Crippen molar-refractivity contribution in [3.8, 4) is 5.75 Å². The monoisotopic (exact) mass is 366 g/mol. The minimum absolute atomic E-state index is 0.0674. The zero-order chi connectivity index (χ0) is 19.2. The van der Waals surface area contributed by atoms with Gasteiger partial charge >= 0.3 is 0 Å². The van der Waals surface area contributed by atoms with Crippen LogP contribution in [0.1, 0.15) is 29.3 Å². The molecule has 6 nitrogen and oxygen atoms in total. The SMILES string of the molecule is CC(=O)c1ccc2c(c1)N(CCC(=O)NCCc1ccccc1)C(=O)CO2. The normalized spacial score (nSPS) is 12.9. The molecule has 0 unspecified atom stereocenters. The van der Waals surface area contributed by atoms with E-state index in [0.717, 1.165) is 12.0 Å². The second-order valence-electron chi connectivity index (χ2n) is 6.41. The summed E-state index contributed by atoms with van der Waals surface area (Å²) in [5.74, 6) is 0.119. The average molecular weight is 366 g/mol. The number of carbonyl (C=O) groups excluding carboxylic acids is 3. The molecule has 0 fully saturated rings. The third kappa shape index (κ3) is 4.73. The van der Waals surface area contributed by atoms with E-state index in [1.54, 1.807) is 18.2 Å². The molecule has 1 aliphatic rings. The Labute approximate surface area is 158 Å². The third-order valence-corrected chi connectivity index (χ3v) is 4.45. The molecule has 0 saturated heterocycles. The van der Waals surface area contributed by atoms with Gasteiger partial charge in [0.15, 0.2) is 12.4 Å². The Morgan fingerprint density at radius 1 is 1.15 bits per heavy atom. The summed E-state index contributed by atoms with van der Waals surface area (Å²) in [6, 6.07) is 14.9. The number of ketones is 1. The number of hydrogen-bond donors (Lipinski definition) is 1. The van der Waals surface area contributed by atoms with Gasteiger partial charge in [-0.1, -0.05) is 30.3 Å². The first-order valence-electron chi connectivity index (χ1n) is 8.93. The van der Waals surface area contributed by atoms with E-state index in [-0.39, 0.29) is 37.2 Å². The summed E-state index contributed by atoms with van der Waals surface area (Å²) in [6.45, 7) is 2.19. The molecule has 1 heterocycles. The Morgan fingerprint density at radius 3 is 2.67 bits per heavy atom. The summed E-state index contributed by atoms with van der Waals surface area (Å²) >= 11 is 0. The lowest BCUT2D eigenvalue weighted by Crippen LogP contribution is -2.41. The van der Waals surface area contributed by atoms with Crippen molar-refractivity contribution in [2.24, 2.45) is 0 Å². The van der Waals surface area contributed by atoms with Crippen LogP contribution in [0.15, 0.2) is 48.5 Å². The van der Waals surface area contributed by atoms with E-state index in [4.69, 9.17) is 4.74 Å². The minimum atomic E-state index is -0.222. The molecule has 0 saturated carbocycles. The van der Waals surface area contributed by atoms with Crippen LogP contribution in [0.4, 0.5) is 5.69 Å². The average Bonchev–Trinajstić information content (AvgIpc) is 2.67. The lowest BCUT2D eigenvalue weighted by molar-refractivity contribution is -0.122. The fourth-order valence-corrected chi connectivity index (χ4v) is 2.96. The highest BCUT2D eigenvalue weighted by Gasteiger charge is 2.26. The summed E-state index contributed by atoms with van der Waals surface area (Å²) in [4.78, 5) is 37.5. The Hall–Kier alpha value is -3.15. The molecule has 27 heavy (non-hydrogen) atoms. The maximum atomic E-state index is 12.2. The summed E-state index contributed by atoms with van der Waals surface area (Å²) in [5, 5.41) is 2.88. The van der Waals surface area contributed by atoms with Crippen molar-refractivity contribution < 1.29 is 19.1 Å². The summed E-state index contributed by atoms with van der Waals surface area (Å²) in [7, 11) is 0. The molecule has 2 aromatic rings. The van der Waals surface area contributed by atoms with Crippen LogP contribution >= 0.6 is 0 Å². The number of rotatable bonds is 7. The van der Waals surface area contributed by atoms with Crippen molar-refractivity contribution in [2.45, 2.75) is 19.8 Å². The number of benzene rings is 2. The molecule has 6 heteroatoms. The molecular weight excluding hydrogens is 344 g/mol. The van der Waals surface area contributed by atoms with Crippen LogP contribution in [0.25, 0.3) is 0 Å².